The molecule has 1 aromatic heterocycles. The van der Waals surface area contributed by atoms with Gasteiger partial charge in [-0.1, -0.05) is 0 Å². The second kappa shape index (κ2) is 6.62. The second-order valence-electron chi connectivity index (χ2n) is 5.87. The lowest BCUT2D eigenvalue weighted by Crippen LogP contribution is -2.40. The van der Waals surface area contributed by atoms with Crippen LogP contribution in [0.3, 0.4) is 0 Å². The molecule has 1 amide bonds. The van der Waals surface area contributed by atoms with Gasteiger partial charge in [0.25, 0.3) is 0 Å². The molecule has 0 spiro atoms. The van der Waals surface area contributed by atoms with Gasteiger partial charge in [-0.3, -0.25) is 4.79 Å². The number of hydrogen-bond donors (Lipinski definition) is 1. The molecule has 2 aromatic rings. The molecule has 3 rings (SSSR count). The first-order valence-electron chi connectivity index (χ1n) is 7.74. The highest BCUT2D eigenvalue weighted by atomic mass is 32.1. The van der Waals surface area contributed by atoms with Gasteiger partial charge in [-0.2, -0.15) is 13.2 Å². The number of fused-ring (bicyclic) bond motifs is 1. The van der Waals surface area contributed by atoms with Crippen LogP contribution in [0.4, 0.5) is 13.2 Å². The number of thiazole rings is 1. The maximum Gasteiger partial charge on any atom is 0.416 e. The number of carboxylic acids is 1. The number of aromatic nitrogens is 1. The van der Waals surface area contributed by atoms with Crippen molar-refractivity contribution in [1.29, 1.82) is 0 Å². The number of alkyl halides is 3. The minimum absolute atomic E-state index is 0.0930. The van der Waals surface area contributed by atoms with Crippen molar-refractivity contribution < 1.29 is 27.9 Å². The van der Waals surface area contributed by atoms with Gasteiger partial charge in [-0.25, -0.2) is 9.78 Å². The molecule has 1 aliphatic heterocycles. The Morgan fingerprint density at radius 1 is 1.36 bits per heavy atom. The van der Waals surface area contributed by atoms with E-state index in [0.717, 1.165) is 12.1 Å². The summed E-state index contributed by atoms with van der Waals surface area (Å²) in [4.78, 5) is 28.9. The van der Waals surface area contributed by atoms with Crippen molar-refractivity contribution in [2.75, 3.05) is 6.54 Å². The standard InChI is InChI=1S/C16H15F3N2O3S/c17-16(18,19)9-3-4-12-10(8-9)20-13(25-12)5-6-14(22)21-7-1-2-11(21)15(23)24/h3-4,8,11H,1-2,5-7H2,(H,23,24)/t11-/m0/s1. The molecule has 1 N–H and O–H groups in total. The molecule has 9 heteroatoms. The number of likely N-dealkylation sites (tertiary alicyclic amines) is 1. The average molecular weight is 372 g/mol. The molecular weight excluding hydrogens is 357 g/mol. The normalized spacial score (nSPS) is 18.0. The topological polar surface area (TPSA) is 70.5 Å². The lowest BCUT2D eigenvalue weighted by Gasteiger charge is -2.21. The fourth-order valence-electron chi connectivity index (χ4n) is 2.94. The fourth-order valence-corrected chi connectivity index (χ4v) is 3.89. The minimum atomic E-state index is -4.42. The largest absolute Gasteiger partial charge is 0.480 e. The number of nitrogens with zero attached hydrogens (tertiary/aromatic N) is 2. The van der Waals surface area contributed by atoms with Gasteiger partial charge in [0.05, 0.1) is 20.8 Å². The van der Waals surface area contributed by atoms with Crippen LogP contribution in [0.1, 0.15) is 29.8 Å². The summed E-state index contributed by atoms with van der Waals surface area (Å²) in [5.74, 6) is -1.27. The van der Waals surface area contributed by atoms with E-state index in [1.807, 2.05) is 0 Å². The Morgan fingerprint density at radius 3 is 2.80 bits per heavy atom. The van der Waals surface area contributed by atoms with E-state index in [-0.39, 0.29) is 24.3 Å². The number of aryl methyl sites for hydroxylation is 1. The molecular formula is C16H15F3N2O3S. The summed E-state index contributed by atoms with van der Waals surface area (Å²) in [7, 11) is 0. The van der Waals surface area contributed by atoms with E-state index >= 15 is 0 Å². The molecule has 0 bridgehead atoms. The number of carbonyl (C=O) groups excluding carboxylic acids is 1. The predicted molar refractivity (Wildman–Crippen MR) is 85.3 cm³/mol. The Morgan fingerprint density at radius 2 is 2.12 bits per heavy atom. The highest BCUT2D eigenvalue weighted by Crippen LogP contribution is 2.33. The van der Waals surface area contributed by atoms with E-state index < -0.39 is 23.8 Å². The minimum Gasteiger partial charge on any atom is -0.480 e. The Kier molecular flexibility index (Phi) is 4.68. The first-order valence-corrected chi connectivity index (χ1v) is 8.56. The molecule has 1 atom stereocenters. The van der Waals surface area contributed by atoms with E-state index in [2.05, 4.69) is 4.98 Å². The van der Waals surface area contributed by atoms with Gasteiger partial charge in [0.2, 0.25) is 5.91 Å². The van der Waals surface area contributed by atoms with Crippen molar-refractivity contribution in [3.63, 3.8) is 0 Å². The van der Waals surface area contributed by atoms with Crippen molar-refractivity contribution in [2.24, 2.45) is 0 Å². The summed E-state index contributed by atoms with van der Waals surface area (Å²) in [5, 5.41) is 9.67. The van der Waals surface area contributed by atoms with Gasteiger partial charge in [-0.15, -0.1) is 11.3 Å². The summed E-state index contributed by atoms with van der Waals surface area (Å²) >= 11 is 1.24. The third-order valence-corrected chi connectivity index (χ3v) is 5.27. The van der Waals surface area contributed by atoms with Crippen LogP contribution < -0.4 is 0 Å². The van der Waals surface area contributed by atoms with Gasteiger partial charge < -0.3 is 10.0 Å². The molecule has 5 nitrogen and oxygen atoms in total. The Balaban J connectivity index is 1.69. The van der Waals surface area contributed by atoms with E-state index in [1.54, 1.807) is 0 Å². The summed E-state index contributed by atoms with van der Waals surface area (Å²) in [6, 6.07) is 2.61. The number of benzene rings is 1. The smallest absolute Gasteiger partial charge is 0.416 e. The van der Waals surface area contributed by atoms with Crippen LogP contribution >= 0.6 is 11.3 Å². The Bertz CT molecular complexity index is 819. The Labute approximate surface area is 145 Å². The average Bonchev–Trinajstić information content (AvgIpc) is 3.17. The quantitative estimate of drug-likeness (QED) is 0.894. The molecule has 134 valence electrons. The zero-order valence-corrected chi connectivity index (χ0v) is 13.9. The highest BCUT2D eigenvalue weighted by molar-refractivity contribution is 7.18. The first-order chi connectivity index (χ1) is 11.8. The van der Waals surface area contributed by atoms with E-state index in [9.17, 15) is 22.8 Å². The van der Waals surface area contributed by atoms with Crippen molar-refractivity contribution >= 4 is 33.4 Å². The number of carboxylic acid groups (broad SMARTS) is 1. The van der Waals surface area contributed by atoms with Crippen LogP contribution in [0, 0.1) is 0 Å². The summed E-state index contributed by atoms with van der Waals surface area (Å²) in [6.45, 7) is 0.421. The lowest BCUT2D eigenvalue weighted by atomic mass is 10.2. The van der Waals surface area contributed by atoms with Crippen LogP contribution in [0.2, 0.25) is 0 Å². The molecule has 0 aliphatic carbocycles. The maximum atomic E-state index is 12.7. The number of hydrogen-bond acceptors (Lipinski definition) is 4. The molecule has 1 aromatic carbocycles. The molecule has 2 heterocycles. The number of aliphatic carboxylic acids is 1. The molecule has 1 aliphatic rings. The summed E-state index contributed by atoms with van der Waals surface area (Å²) in [6.07, 6.45) is -2.94. The molecule has 25 heavy (non-hydrogen) atoms. The zero-order valence-electron chi connectivity index (χ0n) is 13.0. The van der Waals surface area contributed by atoms with Gasteiger partial charge in [0.1, 0.15) is 6.04 Å². The molecule has 0 unspecified atom stereocenters. The Hall–Kier alpha value is -2.16. The number of amides is 1. The number of rotatable bonds is 4. The lowest BCUT2D eigenvalue weighted by molar-refractivity contribution is -0.148. The van der Waals surface area contributed by atoms with E-state index in [0.29, 0.717) is 29.1 Å². The third kappa shape index (κ3) is 3.76. The van der Waals surface area contributed by atoms with Gasteiger partial charge in [-0.05, 0) is 31.0 Å². The van der Waals surface area contributed by atoms with Crippen LogP contribution in [0.25, 0.3) is 10.2 Å². The SMILES string of the molecule is O=C(O)[C@@H]1CCCN1C(=O)CCc1nc2cc(C(F)(F)F)ccc2s1. The monoisotopic (exact) mass is 372 g/mol. The van der Waals surface area contributed by atoms with Crippen LogP contribution in [-0.2, 0) is 22.2 Å². The van der Waals surface area contributed by atoms with Crippen molar-refractivity contribution in [3.05, 3.63) is 28.8 Å². The van der Waals surface area contributed by atoms with Crippen LogP contribution in [0.15, 0.2) is 18.2 Å². The van der Waals surface area contributed by atoms with Crippen molar-refractivity contribution in [1.82, 2.24) is 9.88 Å². The zero-order chi connectivity index (χ0) is 18.2. The molecule has 0 radical (unpaired) electrons. The highest BCUT2D eigenvalue weighted by Gasteiger charge is 2.33. The molecule has 1 fully saturated rings. The third-order valence-electron chi connectivity index (χ3n) is 4.17. The van der Waals surface area contributed by atoms with Crippen molar-refractivity contribution in [2.45, 2.75) is 37.9 Å². The maximum absolute atomic E-state index is 12.7. The molecule has 1 saturated heterocycles. The number of halogens is 3. The van der Waals surface area contributed by atoms with E-state index in [1.165, 1.54) is 22.3 Å². The van der Waals surface area contributed by atoms with Gasteiger partial charge in [0.15, 0.2) is 0 Å². The van der Waals surface area contributed by atoms with Gasteiger partial charge >= 0.3 is 12.1 Å². The summed E-state index contributed by atoms with van der Waals surface area (Å²) < 4.78 is 38.8. The molecule has 0 saturated carbocycles. The second-order valence-corrected chi connectivity index (χ2v) is 6.99. The van der Waals surface area contributed by atoms with Gasteiger partial charge in [0, 0.05) is 19.4 Å². The number of carbonyl (C=O) groups is 2. The van der Waals surface area contributed by atoms with Crippen LogP contribution in [0.5, 0.6) is 0 Å². The first kappa shape index (κ1) is 17.7. The summed E-state index contributed by atoms with van der Waals surface area (Å²) in [5.41, 5.74) is -0.499. The predicted octanol–water partition coefficient (Wildman–Crippen LogP) is 3.32. The van der Waals surface area contributed by atoms with Crippen LogP contribution in [-0.4, -0.2) is 39.5 Å². The van der Waals surface area contributed by atoms with E-state index in [4.69, 9.17) is 5.11 Å². The fraction of sp³-hybridized carbons (Fsp3) is 0.438. The van der Waals surface area contributed by atoms with Crippen molar-refractivity contribution in [3.8, 4) is 0 Å².